The normalized spacial score (nSPS) is 16.9. The van der Waals surface area contributed by atoms with E-state index >= 15 is 0 Å². The summed E-state index contributed by atoms with van der Waals surface area (Å²) < 4.78 is 0.700. The first-order valence-electron chi connectivity index (χ1n) is 5.80. The van der Waals surface area contributed by atoms with Crippen LogP contribution in [0.15, 0.2) is 12.1 Å². The summed E-state index contributed by atoms with van der Waals surface area (Å²) in [6.45, 7) is 0. The maximum absolute atomic E-state index is 11.7. The molecule has 2 rings (SSSR count). The smallest absolute Gasteiger partial charge is 0.329 e. The van der Waals surface area contributed by atoms with Crippen molar-refractivity contribution in [2.24, 2.45) is 0 Å². The zero-order valence-electron chi connectivity index (χ0n) is 9.74. The van der Waals surface area contributed by atoms with Gasteiger partial charge in [-0.1, -0.05) is 11.6 Å². The zero-order chi connectivity index (χ0) is 13.2. The number of amides is 1. The van der Waals surface area contributed by atoms with Crippen LogP contribution in [0.3, 0.4) is 0 Å². The van der Waals surface area contributed by atoms with Crippen LogP contribution in [-0.4, -0.2) is 22.5 Å². The Morgan fingerprint density at radius 2 is 2.17 bits per heavy atom. The van der Waals surface area contributed by atoms with Gasteiger partial charge in [-0.05, 0) is 37.8 Å². The van der Waals surface area contributed by atoms with E-state index in [2.05, 4.69) is 5.32 Å². The monoisotopic (exact) mass is 287 g/mol. The number of nitrogens with one attached hydrogen (secondary N) is 1. The molecule has 1 heterocycles. The van der Waals surface area contributed by atoms with Gasteiger partial charge in [0.05, 0.1) is 4.34 Å². The summed E-state index contributed by atoms with van der Waals surface area (Å²) in [7, 11) is 0. The van der Waals surface area contributed by atoms with Gasteiger partial charge in [0.15, 0.2) is 0 Å². The molecular formula is C12H14ClNO3S. The van der Waals surface area contributed by atoms with Crippen LogP contribution < -0.4 is 5.32 Å². The van der Waals surface area contributed by atoms with E-state index in [9.17, 15) is 9.59 Å². The largest absolute Gasteiger partial charge is 0.480 e. The van der Waals surface area contributed by atoms with E-state index in [0.29, 0.717) is 30.0 Å². The van der Waals surface area contributed by atoms with Crippen molar-refractivity contribution in [1.82, 2.24) is 5.32 Å². The van der Waals surface area contributed by atoms with Crippen LogP contribution in [0.1, 0.15) is 30.6 Å². The molecule has 2 N–H and O–H groups in total. The van der Waals surface area contributed by atoms with Crippen LogP contribution in [0.25, 0.3) is 0 Å². The molecule has 6 heteroatoms. The molecule has 0 radical (unpaired) electrons. The predicted molar refractivity (Wildman–Crippen MR) is 70.0 cm³/mol. The summed E-state index contributed by atoms with van der Waals surface area (Å²) in [6.07, 6.45) is 2.80. The molecule has 0 spiro atoms. The van der Waals surface area contributed by atoms with Gasteiger partial charge in [0.1, 0.15) is 5.54 Å². The Hall–Kier alpha value is -1.07. The summed E-state index contributed by atoms with van der Waals surface area (Å²) in [5.74, 6) is -1.14. The second kappa shape index (κ2) is 5.28. The number of carbonyl (C=O) groups is 2. The number of hydrogen-bond donors (Lipinski definition) is 2. The van der Waals surface area contributed by atoms with Gasteiger partial charge in [0.2, 0.25) is 5.91 Å². The highest BCUT2D eigenvalue weighted by Crippen LogP contribution is 2.32. The number of halogens is 1. The van der Waals surface area contributed by atoms with Gasteiger partial charge in [-0.2, -0.15) is 0 Å². The molecule has 1 amide bonds. The molecule has 0 aliphatic heterocycles. The molecule has 0 saturated heterocycles. The van der Waals surface area contributed by atoms with Gasteiger partial charge < -0.3 is 10.4 Å². The maximum Gasteiger partial charge on any atom is 0.329 e. The lowest BCUT2D eigenvalue weighted by molar-refractivity contribution is -0.151. The van der Waals surface area contributed by atoms with E-state index in [1.54, 1.807) is 6.07 Å². The molecule has 1 saturated carbocycles. The highest BCUT2D eigenvalue weighted by atomic mass is 35.5. The number of aryl methyl sites for hydroxylation is 1. The van der Waals surface area contributed by atoms with Crippen molar-refractivity contribution in [2.75, 3.05) is 0 Å². The zero-order valence-corrected chi connectivity index (χ0v) is 11.3. The van der Waals surface area contributed by atoms with Crippen molar-refractivity contribution in [3.8, 4) is 0 Å². The second-order valence-corrected chi connectivity index (χ2v) is 6.29. The lowest BCUT2D eigenvalue weighted by atomic mass is 9.76. The van der Waals surface area contributed by atoms with Gasteiger partial charge in [0, 0.05) is 11.3 Å². The average molecular weight is 288 g/mol. The van der Waals surface area contributed by atoms with Gasteiger partial charge in [-0.25, -0.2) is 4.79 Å². The highest BCUT2D eigenvalue weighted by Gasteiger charge is 2.45. The number of aliphatic carboxylic acids is 1. The number of hydrogen-bond acceptors (Lipinski definition) is 3. The van der Waals surface area contributed by atoms with Crippen LogP contribution in [0.2, 0.25) is 4.34 Å². The van der Waals surface area contributed by atoms with Gasteiger partial charge in [0.25, 0.3) is 0 Å². The van der Waals surface area contributed by atoms with Crippen molar-refractivity contribution >= 4 is 34.8 Å². The van der Waals surface area contributed by atoms with Crippen molar-refractivity contribution < 1.29 is 14.7 Å². The van der Waals surface area contributed by atoms with Crippen LogP contribution in [-0.2, 0) is 16.0 Å². The van der Waals surface area contributed by atoms with Crippen LogP contribution in [0.4, 0.5) is 0 Å². The molecule has 0 unspecified atom stereocenters. The van der Waals surface area contributed by atoms with Crippen LogP contribution in [0, 0.1) is 0 Å². The first-order chi connectivity index (χ1) is 8.52. The molecule has 0 atom stereocenters. The first-order valence-corrected chi connectivity index (χ1v) is 7.00. The molecule has 18 heavy (non-hydrogen) atoms. The number of carboxylic acids is 1. The molecule has 1 aromatic rings. The molecule has 4 nitrogen and oxygen atoms in total. The second-order valence-electron chi connectivity index (χ2n) is 4.49. The number of thiophene rings is 1. The Morgan fingerprint density at radius 1 is 1.44 bits per heavy atom. The molecular weight excluding hydrogens is 274 g/mol. The van der Waals surface area contributed by atoms with E-state index in [4.69, 9.17) is 16.7 Å². The molecule has 1 fully saturated rings. The maximum atomic E-state index is 11.7. The Labute approximate surface area is 114 Å². The van der Waals surface area contributed by atoms with E-state index in [1.165, 1.54) is 11.3 Å². The minimum Gasteiger partial charge on any atom is -0.480 e. The summed E-state index contributed by atoms with van der Waals surface area (Å²) in [4.78, 5) is 23.9. The molecule has 1 aliphatic carbocycles. The van der Waals surface area contributed by atoms with Crippen LogP contribution >= 0.6 is 22.9 Å². The summed E-state index contributed by atoms with van der Waals surface area (Å²) in [6, 6.07) is 3.68. The summed E-state index contributed by atoms with van der Waals surface area (Å²) >= 11 is 7.24. The van der Waals surface area contributed by atoms with E-state index in [1.807, 2.05) is 6.07 Å². The Kier molecular flexibility index (Phi) is 3.92. The minimum absolute atomic E-state index is 0.207. The molecule has 1 aliphatic rings. The number of rotatable bonds is 5. The fourth-order valence-electron chi connectivity index (χ4n) is 1.97. The minimum atomic E-state index is -1.01. The van der Waals surface area contributed by atoms with Gasteiger partial charge in [-0.15, -0.1) is 11.3 Å². The fourth-order valence-corrected chi connectivity index (χ4v) is 3.06. The van der Waals surface area contributed by atoms with Crippen LogP contribution in [0.5, 0.6) is 0 Å². The summed E-state index contributed by atoms with van der Waals surface area (Å²) in [5, 5.41) is 11.7. The van der Waals surface area contributed by atoms with E-state index in [-0.39, 0.29) is 5.91 Å². The third kappa shape index (κ3) is 2.84. The molecule has 0 bridgehead atoms. The fraction of sp³-hybridized carbons (Fsp3) is 0.500. The third-order valence-corrected chi connectivity index (χ3v) is 4.51. The SMILES string of the molecule is O=C(CCc1ccc(Cl)s1)NC1(C(=O)O)CCC1. The van der Waals surface area contributed by atoms with Crippen molar-refractivity contribution in [3.05, 3.63) is 21.3 Å². The topological polar surface area (TPSA) is 66.4 Å². The summed E-state index contributed by atoms with van der Waals surface area (Å²) in [5.41, 5.74) is -1.01. The van der Waals surface area contributed by atoms with E-state index < -0.39 is 11.5 Å². The molecule has 1 aromatic heterocycles. The lowest BCUT2D eigenvalue weighted by Crippen LogP contribution is -2.59. The third-order valence-electron chi connectivity index (χ3n) is 3.22. The quantitative estimate of drug-likeness (QED) is 0.874. The predicted octanol–water partition coefficient (Wildman–Crippen LogP) is 2.46. The van der Waals surface area contributed by atoms with Crippen molar-refractivity contribution in [3.63, 3.8) is 0 Å². The Balaban J connectivity index is 1.83. The van der Waals surface area contributed by atoms with Crippen molar-refractivity contribution in [1.29, 1.82) is 0 Å². The average Bonchev–Trinajstić information content (AvgIpc) is 2.66. The van der Waals surface area contributed by atoms with Gasteiger partial charge >= 0.3 is 5.97 Å². The molecule has 98 valence electrons. The van der Waals surface area contributed by atoms with Gasteiger partial charge in [-0.3, -0.25) is 4.79 Å². The molecule has 0 aromatic carbocycles. The van der Waals surface area contributed by atoms with Crippen molar-refractivity contribution in [2.45, 2.75) is 37.6 Å². The highest BCUT2D eigenvalue weighted by molar-refractivity contribution is 7.16. The number of carboxylic acid groups (broad SMARTS) is 1. The first kappa shape index (κ1) is 13.4. The number of carbonyl (C=O) groups excluding carboxylic acids is 1. The standard InChI is InChI=1S/C12H14ClNO3S/c13-9-4-2-8(18-9)3-5-10(15)14-12(11(16)17)6-1-7-12/h2,4H,1,3,5-7H2,(H,14,15)(H,16,17). The van der Waals surface area contributed by atoms with E-state index in [0.717, 1.165) is 11.3 Å². The Bertz CT molecular complexity index is 468. The lowest BCUT2D eigenvalue weighted by Gasteiger charge is -2.38. The Morgan fingerprint density at radius 3 is 2.61 bits per heavy atom.